The van der Waals surface area contributed by atoms with E-state index < -0.39 is 36.1 Å². The van der Waals surface area contributed by atoms with E-state index >= 15 is 0 Å². The number of hydrogen-bond acceptors (Lipinski definition) is 6. The van der Waals surface area contributed by atoms with Gasteiger partial charge in [0, 0.05) is 38.3 Å². The number of anilines is 3. The average Bonchev–Trinajstić information content (AvgIpc) is 3.32. The number of likely N-dealkylation sites (tertiary alicyclic amines) is 1. The van der Waals surface area contributed by atoms with E-state index in [1.54, 1.807) is 18.2 Å². The summed E-state index contributed by atoms with van der Waals surface area (Å²) in [6.45, 7) is 7.33. The normalized spacial score (nSPS) is 18.3. The molecule has 39 heavy (non-hydrogen) atoms. The lowest BCUT2D eigenvalue weighted by Gasteiger charge is -2.29. The molecule has 2 aliphatic heterocycles. The number of halogens is 3. The molecule has 0 saturated carbocycles. The summed E-state index contributed by atoms with van der Waals surface area (Å²) in [5.74, 6) is -0.310. The monoisotopic (exact) mass is 549 g/mol. The second kappa shape index (κ2) is 11.4. The highest BCUT2D eigenvalue weighted by Gasteiger charge is 2.36. The largest absolute Gasteiger partial charge is 0.389 e. The molecule has 2 aromatic rings. The van der Waals surface area contributed by atoms with Crippen LogP contribution in [0.5, 0.6) is 0 Å². The quantitative estimate of drug-likeness (QED) is 0.493. The van der Waals surface area contributed by atoms with Gasteiger partial charge in [0.15, 0.2) is 0 Å². The molecule has 1 aromatic heterocycles. The maximum Gasteiger partial charge on any atom is 0.389 e. The second-order valence-electron chi connectivity index (χ2n) is 10.6. The van der Waals surface area contributed by atoms with Crippen molar-refractivity contribution in [2.45, 2.75) is 45.4 Å². The van der Waals surface area contributed by atoms with Crippen molar-refractivity contribution in [2.24, 2.45) is 5.92 Å². The van der Waals surface area contributed by atoms with E-state index in [0.717, 1.165) is 16.7 Å². The maximum atomic E-state index is 12.8. The third kappa shape index (κ3) is 7.60. The fourth-order valence-corrected chi connectivity index (χ4v) is 4.68. The van der Waals surface area contributed by atoms with Crippen LogP contribution in [0.4, 0.5) is 35.3 Å². The molecule has 1 atom stereocenters. The van der Waals surface area contributed by atoms with Gasteiger partial charge in [-0.1, -0.05) is 6.07 Å². The van der Waals surface area contributed by atoms with Gasteiger partial charge in [0.05, 0.1) is 13.2 Å². The number of carbonyl (C=O) groups excluding carboxylic acids is 2. The molecule has 3 heterocycles. The predicted octanol–water partition coefficient (Wildman–Crippen LogP) is 4.41. The number of aromatic nitrogens is 1. The molecule has 9 nitrogen and oxygen atoms in total. The molecule has 0 spiro atoms. The molecule has 2 fully saturated rings. The Labute approximate surface area is 225 Å². The number of nitrogens with zero attached hydrogens (tertiary/aromatic N) is 3. The van der Waals surface area contributed by atoms with Gasteiger partial charge in [-0.3, -0.25) is 4.79 Å². The molecule has 3 amide bonds. The number of benzene rings is 1. The zero-order valence-electron chi connectivity index (χ0n) is 22.3. The third-order valence-electron chi connectivity index (χ3n) is 6.84. The van der Waals surface area contributed by atoms with Crippen molar-refractivity contribution in [3.05, 3.63) is 35.9 Å². The maximum absolute atomic E-state index is 12.8. The number of pyridine rings is 1. The van der Waals surface area contributed by atoms with Gasteiger partial charge in [-0.25, -0.2) is 9.78 Å². The standard InChI is InChI=1S/C27H34F3N5O4/c1-17-4-5-20(31-25(37)35-7-6-18(16-35)15-27(28,29)30)14-21(17)19-12-22(33-24(36)26(2,3)38)32-23(13-19)34-8-10-39-11-9-34/h4-5,12-14,18,38H,6-11,15-16H2,1-3H3,(H,31,37)(H,32,33,36). The fourth-order valence-electron chi connectivity index (χ4n) is 4.68. The number of ether oxygens (including phenoxy) is 1. The van der Waals surface area contributed by atoms with Gasteiger partial charge >= 0.3 is 12.2 Å². The number of carbonyl (C=O) groups is 2. The van der Waals surface area contributed by atoms with Crippen molar-refractivity contribution in [1.29, 1.82) is 0 Å². The van der Waals surface area contributed by atoms with Crippen molar-refractivity contribution in [3.63, 3.8) is 0 Å². The first-order valence-corrected chi connectivity index (χ1v) is 12.9. The first-order chi connectivity index (χ1) is 18.3. The van der Waals surface area contributed by atoms with Crippen LogP contribution >= 0.6 is 0 Å². The van der Waals surface area contributed by atoms with Crippen molar-refractivity contribution >= 4 is 29.3 Å². The minimum atomic E-state index is -4.25. The van der Waals surface area contributed by atoms with Crippen LogP contribution in [-0.2, 0) is 9.53 Å². The van der Waals surface area contributed by atoms with E-state index in [-0.39, 0.29) is 18.9 Å². The topological polar surface area (TPSA) is 107 Å². The molecule has 2 saturated heterocycles. The minimum Gasteiger partial charge on any atom is -0.381 e. The van der Waals surface area contributed by atoms with Gasteiger partial charge in [0.2, 0.25) is 0 Å². The lowest BCUT2D eigenvalue weighted by molar-refractivity contribution is -0.143. The number of aryl methyl sites for hydroxylation is 1. The zero-order valence-corrected chi connectivity index (χ0v) is 22.3. The Bertz CT molecular complexity index is 1210. The van der Waals surface area contributed by atoms with E-state index in [9.17, 15) is 27.9 Å². The Balaban J connectivity index is 1.58. The first-order valence-electron chi connectivity index (χ1n) is 12.9. The number of aliphatic hydroxyl groups is 1. The molecular formula is C27H34F3N5O4. The molecule has 3 N–H and O–H groups in total. The summed E-state index contributed by atoms with van der Waals surface area (Å²) >= 11 is 0. The van der Waals surface area contributed by atoms with Crippen molar-refractivity contribution in [3.8, 4) is 11.1 Å². The molecule has 1 aromatic carbocycles. The van der Waals surface area contributed by atoms with Gasteiger partial charge in [-0.05, 0) is 74.1 Å². The Hall–Kier alpha value is -3.38. The molecule has 0 aliphatic carbocycles. The Morgan fingerprint density at radius 1 is 1.10 bits per heavy atom. The van der Waals surface area contributed by atoms with E-state index in [2.05, 4.69) is 15.6 Å². The number of amides is 3. The lowest BCUT2D eigenvalue weighted by Crippen LogP contribution is -2.38. The summed E-state index contributed by atoms with van der Waals surface area (Å²) in [7, 11) is 0. The van der Waals surface area contributed by atoms with Gasteiger partial charge < -0.3 is 30.3 Å². The van der Waals surface area contributed by atoms with Crippen molar-refractivity contribution in [1.82, 2.24) is 9.88 Å². The molecule has 0 radical (unpaired) electrons. The predicted molar refractivity (Wildman–Crippen MR) is 142 cm³/mol. The van der Waals surface area contributed by atoms with Gasteiger partial charge in [0.25, 0.3) is 5.91 Å². The minimum absolute atomic E-state index is 0.0571. The molecule has 4 rings (SSSR count). The first kappa shape index (κ1) is 28.6. The van der Waals surface area contributed by atoms with Crippen LogP contribution in [0.25, 0.3) is 11.1 Å². The summed E-state index contributed by atoms with van der Waals surface area (Å²) in [5.41, 5.74) is 1.30. The van der Waals surface area contributed by atoms with Crippen LogP contribution in [0.2, 0.25) is 0 Å². The smallest absolute Gasteiger partial charge is 0.381 e. The van der Waals surface area contributed by atoms with Crippen LogP contribution in [0.1, 0.15) is 32.3 Å². The van der Waals surface area contributed by atoms with Crippen molar-refractivity contribution in [2.75, 3.05) is 54.9 Å². The number of alkyl halides is 3. The molecule has 0 bridgehead atoms. The molecule has 212 valence electrons. The van der Waals surface area contributed by atoms with Gasteiger partial charge in [0.1, 0.15) is 17.2 Å². The summed E-state index contributed by atoms with van der Waals surface area (Å²) in [5, 5.41) is 15.6. The average molecular weight is 550 g/mol. The van der Waals surface area contributed by atoms with Crippen LogP contribution in [0, 0.1) is 12.8 Å². The van der Waals surface area contributed by atoms with Gasteiger partial charge in [-0.15, -0.1) is 0 Å². The second-order valence-corrected chi connectivity index (χ2v) is 10.6. The Morgan fingerprint density at radius 3 is 2.49 bits per heavy atom. The van der Waals surface area contributed by atoms with Crippen LogP contribution in [0.15, 0.2) is 30.3 Å². The van der Waals surface area contributed by atoms with Crippen LogP contribution < -0.4 is 15.5 Å². The number of hydrogen-bond donors (Lipinski definition) is 3. The van der Waals surface area contributed by atoms with Gasteiger partial charge in [-0.2, -0.15) is 13.2 Å². The highest BCUT2D eigenvalue weighted by Crippen LogP contribution is 2.33. The number of rotatable bonds is 6. The van der Waals surface area contributed by atoms with E-state index in [1.165, 1.54) is 18.7 Å². The summed E-state index contributed by atoms with van der Waals surface area (Å²) in [6.07, 6.45) is -4.84. The molecular weight excluding hydrogens is 515 g/mol. The van der Waals surface area contributed by atoms with Crippen LogP contribution in [-0.4, -0.2) is 78.1 Å². The summed E-state index contributed by atoms with van der Waals surface area (Å²) in [4.78, 5) is 33.3. The SMILES string of the molecule is Cc1ccc(NC(=O)N2CCC(CC(F)(F)F)C2)cc1-c1cc(NC(=O)C(C)(C)O)nc(N2CCOCC2)c1. The molecule has 2 aliphatic rings. The number of urea groups is 1. The Morgan fingerprint density at radius 2 is 1.82 bits per heavy atom. The third-order valence-corrected chi connectivity index (χ3v) is 6.84. The van der Waals surface area contributed by atoms with E-state index in [1.807, 2.05) is 24.0 Å². The molecule has 12 heteroatoms. The Kier molecular flexibility index (Phi) is 8.36. The lowest BCUT2D eigenvalue weighted by atomic mass is 10.00. The summed E-state index contributed by atoms with van der Waals surface area (Å²) in [6, 6.07) is 8.50. The van der Waals surface area contributed by atoms with Crippen LogP contribution in [0.3, 0.4) is 0 Å². The number of nitrogens with one attached hydrogen (secondary N) is 2. The molecule has 1 unspecified atom stereocenters. The summed E-state index contributed by atoms with van der Waals surface area (Å²) < 4.78 is 43.7. The zero-order chi connectivity index (χ0) is 28.4. The fraction of sp³-hybridized carbons (Fsp3) is 0.519. The number of morpholine rings is 1. The van der Waals surface area contributed by atoms with E-state index in [0.29, 0.717) is 44.2 Å². The van der Waals surface area contributed by atoms with Crippen molar-refractivity contribution < 1.29 is 32.6 Å². The van der Waals surface area contributed by atoms with E-state index in [4.69, 9.17) is 4.74 Å². The highest BCUT2D eigenvalue weighted by molar-refractivity contribution is 5.96. The highest BCUT2D eigenvalue weighted by atomic mass is 19.4.